The molecule has 3 heteroatoms. The molecule has 1 aliphatic rings. The molecule has 110 valence electrons. The fourth-order valence-electron chi connectivity index (χ4n) is 2.94. The molecule has 0 bridgehead atoms. The van der Waals surface area contributed by atoms with E-state index in [1.165, 1.54) is 0 Å². The lowest BCUT2D eigenvalue weighted by molar-refractivity contribution is -0.168. The third-order valence-corrected chi connectivity index (χ3v) is 3.95. The van der Waals surface area contributed by atoms with Crippen LogP contribution >= 0.6 is 0 Å². The van der Waals surface area contributed by atoms with Crippen LogP contribution in [0.15, 0.2) is 12.2 Å². The fourth-order valence-corrected chi connectivity index (χ4v) is 2.94. The molecular weight excluding hydrogens is 240 g/mol. The second-order valence-electron chi connectivity index (χ2n) is 5.46. The highest BCUT2D eigenvalue weighted by atomic mass is 16.5. The van der Waals surface area contributed by atoms with Gasteiger partial charge in [-0.1, -0.05) is 32.4 Å². The van der Waals surface area contributed by atoms with Gasteiger partial charge >= 0.3 is 5.97 Å². The van der Waals surface area contributed by atoms with Gasteiger partial charge in [-0.3, -0.25) is 4.79 Å². The number of rotatable bonds is 6. The largest absolute Gasteiger partial charge is 0.466 e. The number of hydrogen-bond acceptors (Lipinski definition) is 3. The predicted molar refractivity (Wildman–Crippen MR) is 76.9 cm³/mol. The zero-order valence-electron chi connectivity index (χ0n) is 12.8. The summed E-state index contributed by atoms with van der Waals surface area (Å²) in [4.78, 5) is 12.1. The lowest BCUT2D eigenvalue weighted by Crippen LogP contribution is -2.45. The Labute approximate surface area is 117 Å². The molecule has 0 unspecified atom stereocenters. The van der Waals surface area contributed by atoms with Crippen LogP contribution in [0.2, 0.25) is 0 Å². The van der Waals surface area contributed by atoms with Crippen LogP contribution in [0.5, 0.6) is 0 Å². The Morgan fingerprint density at radius 1 is 1.26 bits per heavy atom. The normalized spacial score (nSPS) is 30.9. The molecule has 1 heterocycles. The monoisotopic (exact) mass is 268 g/mol. The number of carbonyl (C=O) groups excluding carboxylic acids is 1. The van der Waals surface area contributed by atoms with Gasteiger partial charge in [-0.25, -0.2) is 0 Å². The lowest BCUT2D eigenvalue weighted by atomic mass is 9.78. The minimum absolute atomic E-state index is 0.00815. The van der Waals surface area contributed by atoms with E-state index in [2.05, 4.69) is 20.4 Å². The van der Waals surface area contributed by atoms with E-state index in [0.717, 1.165) is 31.3 Å². The summed E-state index contributed by atoms with van der Waals surface area (Å²) in [5, 5.41) is 0. The van der Waals surface area contributed by atoms with E-state index >= 15 is 0 Å². The summed E-state index contributed by atoms with van der Waals surface area (Å²) in [6.45, 7) is 12.6. The lowest BCUT2D eigenvalue weighted by Gasteiger charge is -2.41. The fraction of sp³-hybridized carbons (Fsp3) is 0.812. The molecule has 0 aromatic rings. The van der Waals surface area contributed by atoms with Crippen LogP contribution < -0.4 is 0 Å². The van der Waals surface area contributed by atoms with Crippen LogP contribution in [0, 0.1) is 11.8 Å². The van der Waals surface area contributed by atoms with Crippen molar-refractivity contribution >= 4 is 5.97 Å². The van der Waals surface area contributed by atoms with Crippen LogP contribution in [0.4, 0.5) is 0 Å². The molecule has 3 nitrogen and oxygen atoms in total. The van der Waals surface area contributed by atoms with Gasteiger partial charge in [-0.15, -0.1) is 0 Å². The van der Waals surface area contributed by atoms with Gasteiger partial charge in [-0.05, 0) is 33.1 Å². The summed E-state index contributed by atoms with van der Waals surface area (Å²) in [5.74, 6) is 0.0208. The van der Waals surface area contributed by atoms with Crippen LogP contribution in [-0.2, 0) is 14.3 Å². The van der Waals surface area contributed by atoms with Gasteiger partial charge in [0.15, 0.2) is 0 Å². The number of esters is 1. The second-order valence-corrected chi connectivity index (χ2v) is 5.46. The first-order valence-corrected chi connectivity index (χ1v) is 7.52. The highest BCUT2D eigenvalue weighted by molar-refractivity contribution is 5.73. The first-order chi connectivity index (χ1) is 9.04. The van der Waals surface area contributed by atoms with E-state index in [4.69, 9.17) is 9.47 Å². The molecule has 1 aliphatic heterocycles. The van der Waals surface area contributed by atoms with E-state index in [9.17, 15) is 4.79 Å². The molecule has 1 saturated heterocycles. The van der Waals surface area contributed by atoms with E-state index in [0.29, 0.717) is 6.61 Å². The Balaban J connectivity index is 2.83. The highest BCUT2D eigenvalue weighted by Gasteiger charge is 2.41. The maximum Gasteiger partial charge on any atom is 0.311 e. The molecule has 1 fully saturated rings. The van der Waals surface area contributed by atoms with Gasteiger partial charge in [0, 0.05) is 5.92 Å². The van der Waals surface area contributed by atoms with Crippen LogP contribution in [0.3, 0.4) is 0 Å². The Morgan fingerprint density at radius 3 is 2.42 bits per heavy atom. The molecule has 19 heavy (non-hydrogen) atoms. The smallest absolute Gasteiger partial charge is 0.311 e. The highest BCUT2D eigenvalue weighted by Crippen LogP contribution is 2.37. The minimum Gasteiger partial charge on any atom is -0.466 e. The van der Waals surface area contributed by atoms with Crippen molar-refractivity contribution in [1.29, 1.82) is 0 Å². The van der Waals surface area contributed by atoms with E-state index < -0.39 is 0 Å². The minimum atomic E-state index is -0.139. The van der Waals surface area contributed by atoms with Crippen molar-refractivity contribution in [2.45, 2.75) is 65.6 Å². The Bertz CT molecular complexity index is 311. The summed E-state index contributed by atoms with van der Waals surface area (Å²) < 4.78 is 11.4. The van der Waals surface area contributed by atoms with Crippen molar-refractivity contribution in [3.05, 3.63) is 12.2 Å². The maximum absolute atomic E-state index is 12.1. The zero-order chi connectivity index (χ0) is 14.4. The Morgan fingerprint density at radius 2 is 1.95 bits per heavy atom. The van der Waals surface area contributed by atoms with Crippen molar-refractivity contribution < 1.29 is 14.3 Å². The molecule has 1 rings (SSSR count). The third-order valence-electron chi connectivity index (χ3n) is 3.95. The van der Waals surface area contributed by atoms with Crippen LogP contribution in [0.1, 0.15) is 53.4 Å². The van der Waals surface area contributed by atoms with Gasteiger partial charge in [-0.2, -0.15) is 0 Å². The number of hydrogen-bond donors (Lipinski definition) is 0. The molecule has 0 aromatic carbocycles. The second kappa shape index (κ2) is 7.68. The molecule has 0 radical (unpaired) electrons. The first-order valence-electron chi connectivity index (χ1n) is 7.52. The zero-order valence-corrected chi connectivity index (χ0v) is 12.8. The quantitative estimate of drug-likeness (QED) is 0.544. The molecule has 0 amide bonds. The third kappa shape index (κ3) is 4.07. The Kier molecular flexibility index (Phi) is 6.56. The van der Waals surface area contributed by atoms with Crippen molar-refractivity contribution in [1.82, 2.24) is 0 Å². The van der Waals surface area contributed by atoms with Gasteiger partial charge in [0.2, 0.25) is 0 Å². The molecule has 0 spiro atoms. The molecule has 4 atom stereocenters. The van der Waals surface area contributed by atoms with Crippen molar-refractivity contribution in [2.24, 2.45) is 11.8 Å². The average Bonchev–Trinajstić information content (AvgIpc) is 2.38. The SMILES string of the molecule is C=C(C)[C@@H]1C[C@H](C(=O)OCC)[C@@H](CC)O[C@H]1CCC. The summed E-state index contributed by atoms with van der Waals surface area (Å²) in [5.41, 5.74) is 1.11. The van der Waals surface area contributed by atoms with Crippen LogP contribution in [-0.4, -0.2) is 24.8 Å². The van der Waals surface area contributed by atoms with Gasteiger partial charge in [0.05, 0.1) is 24.7 Å². The van der Waals surface area contributed by atoms with E-state index in [1.54, 1.807) is 0 Å². The predicted octanol–water partition coefficient (Wildman–Crippen LogP) is 3.73. The molecule has 0 N–H and O–H groups in total. The average molecular weight is 268 g/mol. The van der Waals surface area contributed by atoms with Gasteiger partial charge in [0.1, 0.15) is 0 Å². The standard InChI is InChI=1S/C16H28O3/c1-6-9-15-12(11(4)5)10-13(14(7-2)19-15)16(17)18-8-3/h12-15H,4,6-10H2,1-3,5H3/t12-,13-,14+,15-/m0/s1. The number of carbonyl (C=O) groups is 1. The molecule has 0 saturated carbocycles. The van der Waals surface area contributed by atoms with Crippen molar-refractivity contribution in [3.8, 4) is 0 Å². The van der Waals surface area contributed by atoms with Crippen molar-refractivity contribution in [3.63, 3.8) is 0 Å². The van der Waals surface area contributed by atoms with Gasteiger partial charge < -0.3 is 9.47 Å². The summed E-state index contributed by atoms with van der Waals surface area (Å²) in [6.07, 6.45) is 3.99. The van der Waals surface area contributed by atoms with Crippen molar-refractivity contribution in [2.75, 3.05) is 6.61 Å². The van der Waals surface area contributed by atoms with Crippen LogP contribution in [0.25, 0.3) is 0 Å². The topological polar surface area (TPSA) is 35.5 Å². The van der Waals surface area contributed by atoms with E-state index in [-0.39, 0.29) is 30.0 Å². The molecule has 0 aromatic heterocycles. The maximum atomic E-state index is 12.1. The summed E-state index contributed by atoms with van der Waals surface area (Å²) in [6, 6.07) is 0. The summed E-state index contributed by atoms with van der Waals surface area (Å²) in [7, 11) is 0. The first kappa shape index (κ1) is 16.2. The molecule has 0 aliphatic carbocycles. The summed E-state index contributed by atoms with van der Waals surface area (Å²) >= 11 is 0. The molecular formula is C16H28O3. The van der Waals surface area contributed by atoms with E-state index in [1.807, 2.05) is 13.8 Å². The van der Waals surface area contributed by atoms with Gasteiger partial charge in [0.25, 0.3) is 0 Å². The number of ether oxygens (including phenoxy) is 2. The Hall–Kier alpha value is -0.830.